The monoisotopic (exact) mass is 260 g/mol. The van der Waals surface area contributed by atoms with Crippen molar-refractivity contribution in [3.8, 4) is 0 Å². The van der Waals surface area contributed by atoms with Gasteiger partial charge in [-0.3, -0.25) is 4.90 Å². The molecule has 2 aliphatic heterocycles. The number of hydrogen-bond acceptors (Lipinski definition) is 4. The molecule has 0 bridgehead atoms. The van der Waals surface area contributed by atoms with Crippen LogP contribution in [0, 0.1) is 0 Å². The summed E-state index contributed by atoms with van der Waals surface area (Å²) < 4.78 is 23.3. The molecule has 0 saturated carbocycles. The van der Waals surface area contributed by atoms with E-state index in [-0.39, 0.29) is 23.6 Å². The highest BCUT2D eigenvalue weighted by atomic mass is 32.2. The Labute approximate surface area is 104 Å². The van der Waals surface area contributed by atoms with E-state index in [4.69, 9.17) is 5.73 Å². The van der Waals surface area contributed by atoms with Gasteiger partial charge in [0.1, 0.15) is 0 Å². The molecule has 2 heterocycles. The van der Waals surface area contributed by atoms with Crippen molar-refractivity contribution in [1.29, 1.82) is 0 Å². The number of sulfone groups is 1. The van der Waals surface area contributed by atoms with Crippen molar-refractivity contribution in [2.24, 2.45) is 5.73 Å². The molecule has 0 aromatic carbocycles. The van der Waals surface area contributed by atoms with Gasteiger partial charge < -0.3 is 5.73 Å². The quantitative estimate of drug-likeness (QED) is 0.814. The molecule has 2 aliphatic rings. The van der Waals surface area contributed by atoms with Gasteiger partial charge in [-0.05, 0) is 25.8 Å². The van der Waals surface area contributed by atoms with Crippen LogP contribution in [0.3, 0.4) is 0 Å². The first kappa shape index (κ1) is 13.3. The standard InChI is InChI=1S/C12H24N2O2S/c1-2-5-10-6-3-4-7-14(10)12-9-17(15,16)8-11(12)13/h10-12H,2-9,13H2,1H3. The lowest BCUT2D eigenvalue weighted by atomic mass is 9.95. The molecule has 2 N–H and O–H groups in total. The number of hydrogen-bond donors (Lipinski definition) is 1. The van der Waals surface area contributed by atoms with Crippen LogP contribution in [0.25, 0.3) is 0 Å². The molecule has 0 spiro atoms. The average molecular weight is 260 g/mol. The van der Waals surface area contributed by atoms with Crippen LogP contribution in [-0.4, -0.2) is 49.5 Å². The number of nitrogens with zero attached hydrogens (tertiary/aromatic N) is 1. The highest BCUT2D eigenvalue weighted by molar-refractivity contribution is 7.91. The molecular formula is C12H24N2O2S. The minimum absolute atomic E-state index is 0.0665. The van der Waals surface area contributed by atoms with Gasteiger partial charge in [0, 0.05) is 18.1 Å². The summed E-state index contributed by atoms with van der Waals surface area (Å²) in [7, 11) is -2.90. The molecule has 4 nitrogen and oxygen atoms in total. The minimum Gasteiger partial charge on any atom is -0.325 e. The van der Waals surface area contributed by atoms with Gasteiger partial charge in [0.15, 0.2) is 9.84 Å². The van der Waals surface area contributed by atoms with E-state index < -0.39 is 9.84 Å². The first-order chi connectivity index (χ1) is 8.03. The van der Waals surface area contributed by atoms with Crippen LogP contribution in [0.2, 0.25) is 0 Å². The lowest BCUT2D eigenvalue weighted by molar-refractivity contribution is 0.0917. The molecule has 2 fully saturated rings. The van der Waals surface area contributed by atoms with Crippen molar-refractivity contribution in [1.82, 2.24) is 4.90 Å². The summed E-state index contributed by atoms with van der Waals surface area (Å²) in [6.07, 6.45) is 6.00. The third kappa shape index (κ3) is 3.01. The van der Waals surface area contributed by atoms with E-state index in [0.717, 1.165) is 13.0 Å². The highest BCUT2D eigenvalue weighted by Crippen LogP contribution is 2.27. The van der Waals surface area contributed by atoms with Crippen LogP contribution >= 0.6 is 0 Å². The number of likely N-dealkylation sites (tertiary alicyclic amines) is 1. The Morgan fingerprint density at radius 3 is 2.65 bits per heavy atom. The predicted octanol–water partition coefficient (Wildman–Crippen LogP) is 0.765. The Hall–Kier alpha value is -0.130. The zero-order chi connectivity index (χ0) is 12.5. The molecule has 0 aromatic rings. The Morgan fingerprint density at radius 2 is 2.06 bits per heavy atom. The summed E-state index contributed by atoms with van der Waals surface area (Å²) in [6, 6.07) is 0.437. The fourth-order valence-corrected chi connectivity index (χ4v) is 5.20. The minimum atomic E-state index is -2.90. The summed E-state index contributed by atoms with van der Waals surface area (Å²) >= 11 is 0. The van der Waals surface area contributed by atoms with Gasteiger partial charge in [0.05, 0.1) is 11.5 Å². The molecule has 17 heavy (non-hydrogen) atoms. The second-order valence-electron chi connectivity index (χ2n) is 5.48. The molecule has 5 heteroatoms. The van der Waals surface area contributed by atoms with Crippen LogP contribution in [0.5, 0.6) is 0 Å². The lowest BCUT2D eigenvalue weighted by Gasteiger charge is -2.41. The molecule has 0 aromatic heterocycles. The maximum Gasteiger partial charge on any atom is 0.153 e. The molecule has 0 aliphatic carbocycles. The molecule has 0 amide bonds. The Bertz CT molecular complexity index is 354. The molecule has 2 saturated heterocycles. The zero-order valence-corrected chi connectivity index (χ0v) is 11.5. The third-order valence-corrected chi connectivity index (χ3v) is 5.83. The van der Waals surface area contributed by atoms with Crippen molar-refractivity contribution in [2.45, 2.75) is 57.2 Å². The van der Waals surface area contributed by atoms with E-state index in [9.17, 15) is 8.42 Å². The van der Waals surface area contributed by atoms with E-state index in [1.165, 1.54) is 25.7 Å². The summed E-state index contributed by atoms with van der Waals surface area (Å²) in [5.41, 5.74) is 6.02. The molecule has 0 radical (unpaired) electrons. The topological polar surface area (TPSA) is 63.4 Å². The van der Waals surface area contributed by atoms with Crippen LogP contribution in [0.4, 0.5) is 0 Å². The molecular weight excluding hydrogens is 236 g/mol. The van der Waals surface area contributed by atoms with Crippen molar-refractivity contribution >= 4 is 9.84 Å². The van der Waals surface area contributed by atoms with Gasteiger partial charge in [-0.1, -0.05) is 19.8 Å². The van der Waals surface area contributed by atoms with E-state index in [2.05, 4.69) is 11.8 Å². The second kappa shape index (κ2) is 5.24. The van der Waals surface area contributed by atoms with Crippen LogP contribution in [0.1, 0.15) is 39.0 Å². The van der Waals surface area contributed by atoms with Crippen LogP contribution in [0.15, 0.2) is 0 Å². The Balaban J connectivity index is 2.09. The number of nitrogens with two attached hydrogens (primary N) is 1. The summed E-state index contributed by atoms with van der Waals surface area (Å²) in [5, 5.41) is 0. The first-order valence-electron chi connectivity index (χ1n) is 6.75. The SMILES string of the molecule is CCCC1CCCCN1C1CS(=O)(=O)CC1N. The average Bonchev–Trinajstić information content (AvgIpc) is 2.53. The van der Waals surface area contributed by atoms with Gasteiger partial charge in [-0.15, -0.1) is 0 Å². The predicted molar refractivity (Wildman–Crippen MR) is 69.7 cm³/mol. The fraction of sp³-hybridized carbons (Fsp3) is 1.00. The van der Waals surface area contributed by atoms with Crippen LogP contribution < -0.4 is 5.73 Å². The normalized spacial score (nSPS) is 38.4. The largest absolute Gasteiger partial charge is 0.325 e. The second-order valence-corrected chi connectivity index (χ2v) is 7.64. The number of rotatable bonds is 3. The molecule has 2 rings (SSSR count). The van der Waals surface area contributed by atoms with Gasteiger partial charge in [-0.2, -0.15) is 0 Å². The van der Waals surface area contributed by atoms with Crippen molar-refractivity contribution in [2.75, 3.05) is 18.1 Å². The number of piperidine rings is 1. The summed E-state index contributed by atoms with van der Waals surface area (Å²) in [4.78, 5) is 2.39. The smallest absolute Gasteiger partial charge is 0.153 e. The van der Waals surface area contributed by atoms with E-state index in [1.807, 2.05) is 0 Å². The summed E-state index contributed by atoms with van der Waals surface area (Å²) in [6.45, 7) is 3.22. The lowest BCUT2D eigenvalue weighted by Crippen LogP contribution is -2.53. The van der Waals surface area contributed by atoms with Crippen molar-refractivity contribution in [3.63, 3.8) is 0 Å². The first-order valence-corrected chi connectivity index (χ1v) is 8.57. The van der Waals surface area contributed by atoms with Crippen LogP contribution in [-0.2, 0) is 9.84 Å². The Morgan fingerprint density at radius 1 is 1.29 bits per heavy atom. The van der Waals surface area contributed by atoms with Crippen molar-refractivity contribution in [3.05, 3.63) is 0 Å². The Kier molecular flexibility index (Phi) is 4.10. The molecule has 3 unspecified atom stereocenters. The molecule has 3 atom stereocenters. The third-order valence-electron chi connectivity index (χ3n) is 4.09. The molecule has 100 valence electrons. The van der Waals surface area contributed by atoms with Gasteiger partial charge in [-0.25, -0.2) is 8.42 Å². The highest BCUT2D eigenvalue weighted by Gasteiger charge is 2.41. The maximum absolute atomic E-state index is 11.7. The van der Waals surface area contributed by atoms with E-state index >= 15 is 0 Å². The maximum atomic E-state index is 11.7. The van der Waals surface area contributed by atoms with Gasteiger partial charge in [0.25, 0.3) is 0 Å². The van der Waals surface area contributed by atoms with Gasteiger partial charge >= 0.3 is 0 Å². The van der Waals surface area contributed by atoms with Crippen molar-refractivity contribution < 1.29 is 8.42 Å². The summed E-state index contributed by atoms with van der Waals surface area (Å²) in [5.74, 6) is 0.446. The van der Waals surface area contributed by atoms with Gasteiger partial charge in [0.2, 0.25) is 0 Å². The fourth-order valence-electron chi connectivity index (χ4n) is 3.30. The van der Waals surface area contributed by atoms with E-state index in [1.54, 1.807) is 0 Å². The van der Waals surface area contributed by atoms with E-state index in [0.29, 0.717) is 6.04 Å². The zero-order valence-electron chi connectivity index (χ0n) is 10.6.